The third-order valence-electron chi connectivity index (χ3n) is 2.17. The van der Waals surface area contributed by atoms with Crippen LogP contribution in [-0.4, -0.2) is 27.1 Å². The number of hydrogen-bond donors (Lipinski definition) is 1. The van der Waals surface area contributed by atoms with Gasteiger partial charge in [0.1, 0.15) is 5.82 Å². The van der Waals surface area contributed by atoms with Crippen LogP contribution in [0.3, 0.4) is 0 Å². The smallest absolute Gasteiger partial charge is 0.169 e. The molecule has 0 saturated carbocycles. The molecule has 0 aliphatic rings. The predicted octanol–water partition coefficient (Wildman–Crippen LogP) is 2.30. The molecule has 0 unspecified atom stereocenters. The van der Waals surface area contributed by atoms with Crippen LogP contribution in [0, 0.1) is 5.82 Å². The van der Waals surface area contributed by atoms with Gasteiger partial charge in [-0.2, -0.15) is 0 Å². The van der Waals surface area contributed by atoms with Gasteiger partial charge in [-0.25, -0.2) is 4.39 Å². The van der Waals surface area contributed by atoms with Crippen molar-refractivity contribution in [3.63, 3.8) is 0 Å². The number of nitrogens with one attached hydrogen (secondary N) is 1. The van der Waals surface area contributed by atoms with Crippen LogP contribution in [0.15, 0.2) is 22.7 Å². The van der Waals surface area contributed by atoms with Crippen LogP contribution in [0.2, 0.25) is 0 Å². The Kier molecular flexibility index (Phi) is 5.90. The van der Waals surface area contributed by atoms with Crippen molar-refractivity contribution >= 4 is 15.9 Å². The first-order chi connectivity index (χ1) is 7.67. The highest BCUT2D eigenvalue weighted by molar-refractivity contribution is 9.10. The predicted molar refractivity (Wildman–Crippen MR) is 63.6 cm³/mol. The van der Waals surface area contributed by atoms with Gasteiger partial charge in [-0.1, -0.05) is 22.0 Å². The number of halogens is 2. The van der Waals surface area contributed by atoms with Crippen LogP contribution < -0.4 is 5.32 Å². The van der Waals surface area contributed by atoms with Gasteiger partial charge in [-0.15, -0.1) is 0 Å². The largest absolute Gasteiger partial charge is 0.355 e. The zero-order chi connectivity index (χ0) is 12.0. The minimum atomic E-state index is -0.307. The quantitative estimate of drug-likeness (QED) is 0.816. The summed E-state index contributed by atoms with van der Waals surface area (Å²) in [5, 5.41) is 3.06. The Morgan fingerprint density at radius 2 is 2.06 bits per heavy atom. The Morgan fingerprint density at radius 1 is 1.38 bits per heavy atom. The number of methoxy groups -OCH3 is 2. The third kappa shape index (κ3) is 4.17. The molecule has 0 aliphatic heterocycles. The van der Waals surface area contributed by atoms with Crippen molar-refractivity contribution in [3.8, 4) is 0 Å². The van der Waals surface area contributed by atoms with E-state index in [9.17, 15) is 4.39 Å². The van der Waals surface area contributed by atoms with Crippen molar-refractivity contribution in [2.24, 2.45) is 0 Å². The molecule has 3 nitrogen and oxygen atoms in total. The normalized spacial score (nSPS) is 11.1. The molecule has 1 rings (SSSR count). The third-order valence-corrected chi connectivity index (χ3v) is 2.66. The fourth-order valence-electron chi connectivity index (χ4n) is 1.25. The first-order valence-corrected chi connectivity index (χ1v) is 5.67. The van der Waals surface area contributed by atoms with Crippen molar-refractivity contribution < 1.29 is 13.9 Å². The van der Waals surface area contributed by atoms with Crippen LogP contribution >= 0.6 is 15.9 Å². The van der Waals surface area contributed by atoms with Gasteiger partial charge in [-0.05, 0) is 12.1 Å². The summed E-state index contributed by atoms with van der Waals surface area (Å²) in [6, 6.07) is 4.99. The summed E-state index contributed by atoms with van der Waals surface area (Å²) in [5.41, 5.74) is 0.620. The van der Waals surface area contributed by atoms with Crippen molar-refractivity contribution in [1.29, 1.82) is 0 Å². The van der Waals surface area contributed by atoms with Gasteiger partial charge in [0.05, 0.1) is 0 Å². The Bertz CT molecular complexity index is 332. The fourth-order valence-corrected chi connectivity index (χ4v) is 1.59. The molecule has 0 spiro atoms. The van der Waals surface area contributed by atoms with Crippen LogP contribution in [0.5, 0.6) is 0 Å². The van der Waals surface area contributed by atoms with E-state index >= 15 is 0 Å². The molecule has 0 amide bonds. The molecule has 0 fully saturated rings. The molecular formula is C11H15BrFNO2. The van der Waals surface area contributed by atoms with Crippen LogP contribution in [-0.2, 0) is 16.0 Å². The summed E-state index contributed by atoms with van der Waals surface area (Å²) in [4.78, 5) is 0. The fraction of sp³-hybridized carbons (Fsp3) is 0.455. The van der Waals surface area contributed by atoms with E-state index in [0.29, 0.717) is 18.7 Å². The van der Waals surface area contributed by atoms with Crippen molar-refractivity contribution in [1.82, 2.24) is 5.32 Å². The van der Waals surface area contributed by atoms with E-state index in [2.05, 4.69) is 21.2 Å². The summed E-state index contributed by atoms with van der Waals surface area (Å²) < 4.78 is 24.1. The number of hydrogen-bond acceptors (Lipinski definition) is 3. The van der Waals surface area contributed by atoms with E-state index in [0.717, 1.165) is 4.47 Å². The van der Waals surface area contributed by atoms with E-state index in [-0.39, 0.29) is 12.1 Å². The van der Waals surface area contributed by atoms with Gasteiger partial charge in [0.25, 0.3) is 0 Å². The number of benzene rings is 1. The van der Waals surface area contributed by atoms with Gasteiger partial charge in [0.15, 0.2) is 6.29 Å². The van der Waals surface area contributed by atoms with Crippen molar-refractivity contribution in [2.75, 3.05) is 20.8 Å². The highest BCUT2D eigenvalue weighted by Gasteiger charge is 2.06. The molecule has 0 radical (unpaired) electrons. The van der Waals surface area contributed by atoms with E-state index in [1.54, 1.807) is 20.3 Å². The first-order valence-electron chi connectivity index (χ1n) is 4.87. The summed E-state index contributed by atoms with van der Waals surface area (Å²) in [6.45, 7) is 0.963. The lowest BCUT2D eigenvalue weighted by Gasteiger charge is -2.14. The zero-order valence-electron chi connectivity index (χ0n) is 9.30. The molecule has 90 valence electrons. The van der Waals surface area contributed by atoms with Crippen LogP contribution in [0.25, 0.3) is 0 Å². The average molecular weight is 292 g/mol. The Morgan fingerprint density at radius 3 is 2.62 bits per heavy atom. The summed E-state index contributed by atoms with van der Waals surface area (Å²) in [6.07, 6.45) is -0.307. The zero-order valence-corrected chi connectivity index (χ0v) is 10.9. The second-order valence-electron chi connectivity index (χ2n) is 3.27. The molecule has 1 N–H and O–H groups in total. The number of rotatable bonds is 6. The molecule has 16 heavy (non-hydrogen) atoms. The summed E-state index contributed by atoms with van der Waals surface area (Å²) in [7, 11) is 3.13. The van der Waals surface area contributed by atoms with Gasteiger partial charge >= 0.3 is 0 Å². The molecule has 0 heterocycles. The van der Waals surface area contributed by atoms with Crippen molar-refractivity contribution in [3.05, 3.63) is 34.1 Å². The lowest BCUT2D eigenvalue weighted by atomic mass is 10.2. The average Bonchev–Trinajstić information content (AvgIpc) is 2.27. The molecule has 1 aromatic rings. The van der Waals surface area contributed by atoms with Gasteiger partial charge in [-0.3, -0.25) is 0 Å². The van der Waals surface area contributed by atoms with Crippen LogP contribution in [0.4, 0.5) is 4.39 Å². The van der Waals surface area contributed by atoms with E-state index in [4.69, 9.17) is 9.47 Å². The van der Waals surface area contributed by atoms with Crippen molar-refractivity contribution in [2.45, 2.75) is 12.8 Å². The second-order valence-corrected chi connectivity index (χ2v) is 4.18. The molecule has 5 heteroatoms. The van der Waals surface area contributed by atoms with Gasteiger partial charge in [0, 0.05) is 37.3 Å². The highest BCUT2D eigenvalue weighted by atomic mass is 79.9. The van der Waals surface area contributed by atoms with Crippen LogP contribution in [0.1, 0.15) is 5.56 Å². The monoisotopic (exact) mass is 291 g/mol. The molecule has 0 bridgehead atoms. The first kappa shape index (κ1) is 13.6. The van der Waals surface area contributed by atoms with E-state index in [1.807, 2.05) is 6.07 Å². The molecular weight excluding hydrogens is 277 g/mol. The maximum absolute atomic E-state index is 13.4. The minimum Gasteiger partial charge on any atom is -0.355 e. The second kappa shape index (κ2) is 6.96. The Labute approximate surface area is 103 Å². The topological polar surface area (TPSA) is 30.5 Å². The molecule has 1 aromatic carbocycles. The highest BCUT2D eigenvalue weighted by Crippen LogP contribution is 2.14. The van der Waals surface area contributed by atoms with Gasteiger partial charge in [0.2, 0.25) is 0 Å². The number of ether oxygens (including phenoxy) is 2. The molecule has 0 aromatic heterocycles. The maximum atomic E-state index is 13.4. The summed E-state index contributed by atoms with van der Waals surface area (Å²) in [5.74, 6) is -0.228. The molecule has 0 atom stereocenters. The summed E-state index contributed by atoms with van der Waals surface area (Å²) >= 11 is 3.21. The SMILES string of the molecule is COC(CNCc1ccc(Br)cc1F)OC. The van der Waals surface area contributed by atoms with E-state index in [1.165, 1.54) is 6.07 Å². The Hall–Kier alpha value is -0.490. The lowest BCUT2D eigenvalue weighted by molar-refractivity contribution is -0.0989. The Balaban J connectivity index is 2.42. The molecule has 0 saturated heterocycles. The lowest BCUT2D eigenvalue weighted by Crippen LogP contribution is -2.29. The molecule has 0 aliphatic carbocycles. The van der Waals surface area contributed by atoms with Gasteiger partial charge < -0.3 is 14.8 Å². The van der Waals surface area contributed by atoms with E-state index < -0.39 is 0 Å². The standard InChI is InChI=1S/C11H15BrFNO2/c1-15-11(16-2)7-14-6-8-3-4-9(12)5-10(8)13/h3-5,11,14H,6-7H2,1-2H3. The maximum Gasteiger partial charge on any atom is 0.169 e. The minimum absolute atomic E-state index is 0.228.